The average Bonchev–Trinajstić information content (AvgIpc) is 2.16. The molecule has 1 heterocycles. The largest absolute Gasteiger partial charge is 0.343 e. The van der Waals surface area contributed by atoms with Gasteiger partial charge in [0.05, 0.1) is 0 Å². The summed E-state index contributed by atoms with van der Waals surface area (Å²) in [6, 6.07) is -1.88. The molecule has 7 nitrogen and oxygen atoms in total. The van der Waals surface area contributed by atoms with Gasteiger partial charge in [-0.2, -0.15) is 19.6 Å². The molecule has 1 aliphatic carbocycles. The van der Waals surface area contributed by atoms with Gasteiger partial charge in [-0.15, -0.1) is 0 Å². The molecule has 0 amide bonds. The summed E-state index contributed by atoms with van der Waals surface area (Å²) >= 11 is 0. The van der Waals surface area contributed by atoms with Crippen molar-refractivity contribution in [2.75, 3.05) is 0 Å². The van der Waals surface area contributed by atoms with Crippen LogP contribution in [0.3, 0.4) is 0 Å². The molecular formula is C7H12N2O5. The van der Waals surface area contributed by atoms with Crippen molar-refractivity contribution < 1.29 is 24.3 Å². The van der Waals surface area contributed by atoms with E-state index in [1.807, 2.05) is 0 Å². The van der Waals surface area contributed by atoms with Crippen LogP contribution < -0.4 is 11.5 Å². The minimum Gasteiger partial charge on any atom is -0.300 e. The van der Waals surface area contributed by atoms with Crippen molar-refractivity contribution in [3.05, 3.63) is 0 Å². The normalized spacial score (nSPS) is 30.6. The molecule has 0 radical (unpaired) electrons. The fourth-order valence-corrected chi connectivity index (χ4v) is 1.39. The summed E-state index contributed by atoms with van der Waals surface area (Å²) in [7, 11) is 0. The van der Waals surface area contributed by atoms with E-state index >= 15 is 0 Å². The van der Waals surface area contributed by atoms with Crippen LogP contribution in [0.1, 0.15) is 25.7 Å². The van der Waals surface area contributed by atoms with Crippen LogP contribution in [0.4, 0.5) is 0 Å². The van der Waals surface area contributed by atoms with Crippen LogP contribution in [0.2, 0.25) is 0 Å². The lowest BCUT2D eigenvalue weighted by atomic mass is 9.93. The molecule has 0 aromatic heterocycles. The Hall–Kier alpha value is -0.570. The van der Waals surface area contributed by atoms with Gasteiger partial charge in [-0.3, -0.25) is 16.3 Å². The second-order valence-corrected chi connectivity index (χ2v) is 3.50. The van der Waals surface area contributed by atoms with E-state index in [1.165, 1.54) is 0 Å². The van der Waals surface area contributed by atoms with E-state index in [0.29, 0.717) is 25.7 Å². The van der Waals surface area contributed by atoms with Gasteiger partial charge in [0.25, 0.3) is 0 Å². The maximum atomic E-state index is 11.0. The summed E-state index contributed by atoms with van der Waals surface area (Å²) in [5.74, 6) is -0.865. The van der Waals surface area contributed by atoms with Gasteiger partial charge in [0.1, 0.15) is 5.78 Å². The maximum absolute atomic E-state index is 11.0. The predicted octanol–water partition coefficient (Wildman–Crippen LogP) is -0.736. The lowest BCUT2D eigenvalue weighted by Crippen LogP contribution is -2.61. The molecule has 7 heteroatoms. The Labute approximate surface area is 80.1 Å². The Morgan fingerprint density at radius 3 is 2.00 bits per heavy atom. The quantitative estimate of drug-likeness (QED) is 0.395. The molecule has 1 saturated heterocycles. The molecule has 1 saturated carbocycles. The van der Waals surface area contributed by atoms with Gasteiger partial charge in [-0.25, -0.2) is 0 Å². The number of nitrogens with two attached hydrogens (primary N) is 2. The van der Waals surface area contributed by atoms with E-state index in [4.69, 9.17) is 21.2 Å². The molecule has 0 bridgehead atoms. The summed E-state index contributed by atoms with van der Waals surface area (Å²) in [6.45, 7) is 0. The second kappa shape index (κ2) is 3.23. The molecule has 14 heavy (non-hydrogen) atoms. The molecule has 80 valence electrons. The monoisotopic (exact) mass is 204 g/mol. The van der Waals surface area contributed by atoms with Gasteiger partial charge in [0.15, 0.2) is 0 Å². The van der Waals surface area contributed by atoms with Gasteiger partial charge in [-0.1, -0.05) is 0 Å². The Morgan fingerprint density at radius 2 is 1.50 bits per heavy atom. The van der Waals surface area contributed by atoms with E-state index in [9.17, 15) is 4.79 Å². The first-order valence-electron chi connectivity index (χ1n) is 4.35. The highest BCUT2D eigenvalue weighted by molar-refractivity contribution is 5.79. The van der Waals surface area contributed by atoms with Gasteiger partial charge < -0.3 is 0 Å². The zero-order chi connectivity index (χ0) is 10.2. The summed E-state index contributed by atoms with van der Waals surface area (Å²) in [5, 5.41) is 0. The van der Waals surface area contributed by atoms with Crippen LogP contribution in [0, 0.1) is 0 Å². The molecule has 2 fully saturated rings. The van der Waals surface area contributed by atoms with E-state index in [1.54, 1.807) is 0 Å². The highest BCUT2D eigenvalue weighted by Gasteiger charge is 2.47. The van der Waals surface area contributed by atoms with Crippen molar-refractivity contribution in [3.8, 4) is 0 Å². The third-order valence-corrected chi connectivity index (χ3v) is 2.22. The summed E-state index contributed by atoms with van der Waals surface area (Å²) in [5.41, 5.74) is 10.4. The smallest absolute Gasteiger partial charge is 0.300 e. The number of rotatable bonds is 0. The molecule has 2 rings (SSSR count). The number of carbonyl (C=O) groups is 1. The van der Waals surface area contributed by atoms with Gasteiger partial charge in [0.2, 0.25) is 5.79 Å². The van der Waals surface area contributed by atoms with Crippen LogP contribution in [0.15, 0.2) is 0 Å². The van der Waals surface area contributed by atoms with Crippen LogP contribution >= 0.6 is 0 Å². The average molecular weight is 204 g/mol. The Morgan fingerprint density at radius 1 is 1.00 bits per heavy atom. The van der Waals surface area contributed by atoms with Crippen molar-refractivity contribution >= 4 is 5.78 Å². The Kier molecular flexibility index (Phi) is 2.30. The molecule has 0 aromatic rings. The topological polar surface area (TPSA) is 106 Å². The predicted molar refractivity (Wildman–Crippen MR) is 41.7 cm³/mol. The van der Waals surface area contributed by atoms with E-state index in [0.717, 1.165) is 0 Å². The lowest BCUT2D eigenvalue weighted by molar-refractivity contribution is -0.657. The van der Waals surface area contributed by atoms with Crippen molar-refractivity contribution in [1.29, 1.82) is 0 Å². The van der Waals surface area contributed by atoms with Crippen LogP contribution in [-0.4, -0.2) is 17.6 Å². The standard InChI is InChI=1S/C7H12N2O5/c8-7(9)13-11-6(12-14-7)3-1-5(10)2-4-6/h1-4,8-9H2. The third kappa shape index (κ3) is 1.92. The summed E-state index contributed by atoms with van der Waals surface area (Å²) < 4.78 is 0. The first kappa shape index (κ1) is 9.97. The van der Waals surface area contributed by atoms with Crippen LogP contribution in [0.25, 0.3) is 0 Å². The molecule has 2 aliphatic rings. The molecule has 0 unspecified atom stereocenters. The number of carbonyl (C=O) groups excluding carboxylic acids is 1. The summed E-state index contributed by atoms with van der Waals surface area (Å²) in [4.78, 5) is 30.0. The number of Topliss-reactive ketones (excluding diaryl/α,β-unsaturated/α-hetero) is 1. The van der Waals surface area contributed by atoms with Gasteiger partial charge in [0, 0.05) is 25.7 Å². The fourth-order valence-electron chi connectivity index (χ4n) is 1.39. The maximum Gasteiger partial charge on any atom is 0.343 e. The molecule has 4 N–H and O–H groups in total. The fraction of sp³-hybridized carbons (Fsp3) is 0.857. The van der Waals surface area contributed by atoms with Crippen molar-refractivity contribution in [2.24, 2.45) is 11.5 Å². The minimum atomic E-state index is -1.88. The SMILES string of the molecule is NC1(N)OOC2(CCC(=O)CC2)OO1. The van der Waals surface area contributed by atoms with Crippen molar-refractivity contribution in [1.82, 2.24) is 0 Å². The molecular weight excluding hydrogens is 192 g/mol. The minimum absolute atomic E-state index is 0.167. The van der Waals surface area contributed by atoms with E-state index < -0.39 is 11.8 Å². The molecule has 0 atom stereocenters. The van der Waals surface area contributed by atoms with Crippen LogP contribution in [0.5, 0.6) is 0 Å². The van der Waals surface area contributed by atoms with E-state index in [-0.39, 0.29) is 5.78 Å². The van der Waals surface area contributed by atoms with E-state index in [2.05, 4.69) is 9.78 Å². The summed E-state index contributed by atoms with van der Waals surface area (Å²) in [6.07, 6.45) is 1.49. The number of hydrogen-bond acceptors (Lipinski definition) is 7. The number of ketones is 1. The number of hydrogen-bond donors (Lipinski definition) is 2. The zero-order valence-electron chi connectivity index (χ0n) is 7.52. The Bertz CT molecular complexity index is 232. The van der Waals surface area contributed by atoms with Crippen molar-refractivity contribution in [3.63, 3.8) is 0 Å². The third-order valence-electron chi connectivity index (χ3n) is 2.22. The lowest BCUT2D eigenvalue weighted by Gasteiger charge is -2.40. The molecule has 0 aromatic carbocycles. The first-order chi connectivity index (χ1) is 6.52. The van der Waals surface area contributed by atoms with Gasteiger partial charge in [-0.05, 0) is 0 Å². The molecule has 1 spiro atoms. The van der Waals surface area contributed by atoms with Crippen molar-refractivity contribution in [2.45, 2.75) is 37.5 Å². The van der Waals surface area contributed by atoms with Gasteiger partial charge >= 0.3 is 6.03 Å². The second-order valence-electron chi connectivity index (χ2n) is 3.50. The first-order valence-corrected chi connectivity index (χ1v) is 4.35. The highest BCUT2D eigenvalue weighted by Crippen LogP contribution is 2.35. The Balaban J connectivity index is 1.96. The highest BCUT2D eigenvalue weighted by atomic mass is 17.4. The zero-order valence-corrected chi connectivity index (χ0v) is 7.52. The van der Waals surface area contributed by atoms with Crippen LogP contribution in [-0.2, 0) is 24.3 Å². The molecule has 1 aliphatic heterocycles.